The first kappa shape index (κ1) is 13.5. The number of ether oxygens (including phenoxy) is 1. The molecular weight excluding hydrogens is 268 g/mol. The molecule has 0 amide bonds. The number of hydrogen-bond donors (Lipinski definition) is 1. The van der Waals surface area contributed by atoms with Crippen molar-refractivity contribution in [3.05, 3.63) is 22.9 Å². The molecule has 0 saturated carbocycles. The van der Waals surface area contributed by atoms with Crippen LogP contribution in [-0.4, -0.2) is 25.2 Å². The molecule has 0 saturated heterocycles. The van der Waals surface area contributed by atoms with Crippen LogP contribution in [0.15, 0.2) is 22.9 Å². The molecule has 0 radical (unpaired) electrons. The van der Waals surface area contributed by atoms with E-state index in [9.17, 15) is 0 Å². The molecule has 1 aromatic rings. The third-order valence-electron chi connectivity index (χ3n) is 2.51. The molecule has 0 atom stereocenters. The fourth-order valence-corrected chi connectivity index (χ4v) is 1.71. The van der Waals surface area contributed by atoms with E-state index in [1.165, 1.54) is 0 Å². The van der Waals surface area contributed by atoms with Crippen LogP contribution in [0.2, 0.25) is 0 Å². The van der Waals surface area contributed by atoms with Crippen molar-refractivity contribution < 1.29 is 4.74 Å². The standard InChI is InChI=1S/C12H19BrN2O/c1-12(2,5-7-16-3)9-15-11-4-6-14-8-10(11)13/h4,6,8H,5,7,9H2,1-3H3,(H,14,15). The molecule has 3 nitrogen and oxygen atoms in total. The maximum absolute atomic E-state index is 5.11. The molecule has 0 fully saturated rings. The van der Waals surface area contributed by atoms with Crippen molar-refractivity contribution >= 4 is 21.6 Å². The molecule has 1 aromatic heterocycles. The van der Waals surface area contributed by atoms with Crippen molar-refractivity contribution in [2.24, 2.45) is 5.41 Å². The average Bonchev–Trinajstić information content (AvgIpc) is 2.26. The Morgan fingerprint density at radius 3 is 2.88 bits per heavy atom. The third kappa shape index (κ3) is 4.49. The highest BCUT2D eigenvalue weighted by molar-refractivity contribution is 9.10. The van der Waals surface area contributed by atoms with Gasteiger partial charge in [0.15, 0.2) is 0 Å². The molecule has 1 rings (SSSR count). The Morgan fingerprint density at radius 1 is 1.50 bits per heavy atom. The van der Waals surface area contributed by atoms with E-state index < -0.39 is 0 Å². The van der Waals surface area contributed by atoms with Gasteiger partial charge in [-0.2, -0.15) is 0 Å². The van der Waals surface area contributed by atoms with Gasteiger partial charge in [-0.05, 0) is 33.8 Å². The van der Waals surface area contributed by atoms with Gasteiger partial charge in [-0.15, -0.1) is 0 Å². The van der Waals surface area contributed by atoms with Crippen molar-refractivity contribution in [2.75, 3.05) is 25.6 Å². The summed E-state index contributed by atoms with van der Waals surface area (Å²) in [6.07, 6.45) is 4.62. The predicted octanol–water partition coefficient (Wildman–Crippen LogP) is 3.32. The minimum atomic E-state index is 0.221. The van der Waals surface area contributed by atoms with E-state index in [1.807, 2.05) is 6.07 Å². The number of anilines is 1. The van der Waals surface area contributed by atoms with Crippen LogP contribution in [0.25, 0.3) is 0 Å². The minimum absolute atomic E-state index is 0.221. The Bertz CT molecular complexity index is 329. The predicted molar refractivity (Wildman–Crippen MR) is 70.7 cm³/mol. The van der Waals surface area contributed by atoms with Gasteiger partial charge < -0.3 is 10.1 Å². The highest BCUT2D eigenvalue weighted by Gasteiger charge is 2.17. The second-order valence-electron chi connectivity index (χ2n) is 4.62. The third-order valence-corrected chi connectivity index (χ3v) is 3.14. The van der Waals surface area contributed by atoms with Crippen LogP contribution in [0, 0.1) is 5.41 Å². The maximum atomic E-state index is 5.11. The van der Waals surface area contributed by atoms with Crippen LogP contribution in [0.4, 0.5) is 5.69 Å². The Hall–Kier alpha value is -0.610. The van der Waals surface area contributed by atoms with Gasteiger partial charge in [0.25, 0.3) is 0 Å². The highest BCUT2D eigenvalue weighted by Crippen LogP contribution is 2.24. The van der Waals surface area contributed by atoms with Crippen LogP contribution < -0.4 is 5.32 Å². The van der Waals surface area contributed by atoms with Gasteiger partial charge in [-0.3, -0.25) is 4.98 Å². The Balaban J connectivity index is 2.47. The lowest BCUT2D eigenvalue weighted by molar-refractivity contribution is 0.157. The first-order chi connectivity index (χ1) is 7.55. The Labute approximate surface area is 106 Å². The molecule has 0 aliphatic rings. The van der Waals surface area contributed by atoms with Gasteiger partial charge in [0, 0.05) is 32.7 Å². The molecule has 0 spiro atoms. The number of hydrogen-bond acceptors (Lipinski definition) is 3. The van der Waals surface area contributed by atoms with Gasteiger partial charge in [-0.1, -0.05) is 13.8 Å². The number of halogens is 1. The lowest BCUT2D eigenvalue weighted by Crippen LogP contribution is -2.24. The Kier molecular flexibility index (Phi) is 5.22. The van der Waals surface area contributed by atoms with Crippen LogP contribution in [-0.2, 0) is 4.74 Å². The summed E-state index contributed by atoms with van der Waals surface area (Å²) >= 11 is 3.47. The zero-order valence-electron chi connectivity index (χ0n) is 10.1. The lowest BCUT2D eigenvalue weighted by atomic mass is 9.89. The SMILES string of the molecule is COCCC(C)(C)CNc1ccncc1Br. The van der Waals surface area contributed by atoms with Crippen molar-refractivity contribution in [3.8, 4) is 0 Å². The summed E-state index contributed by atoms with van der Waals surface area (Å²) in [4.78, 5) is 4.03. The fourth-order valence-electron chi connectivity index (χ4n) is 1.32. The van der Waals surface area contributed by atoms with E-state index in [2.05, 4.69) is 40.1 Å². The van der Waals surface area contributed by atoms with Crippen LogP contribution in [0.5, 0.6) is 0 Å². The van der Waals surface area contributed by atoms with Crippen LogP contribution in [0.1, 0.15) is 20.3 Å². The second kappa shape index (κ2) is 6.21. The monoisotopic (exact) mass is 286 g/mol. The number of aromatic nitrogens is 1. The molecule has 1 N–H and O–H groups in total. The number of pyridine rings is 1. The molecule has 90 valence electrons. The molecule has 0 aliphatic heterocycles. The van der Waals surface area contributed by atoms with E-state index in [-0.39, 0.29) is 5.41 Å². The number of nitrogens with one attached hydrogen (secondary N) is 1. The van der Waals surface area contributed by atoms with E-state index >= 15 is 0 Å². The maximum Gasteiger partial charge on any atom is 0.0590 e. The van der Waals surface area contributed by atoms with Gasteiger partial charge >= 0.3 is 0 Å². The number of rotatable bonds is 6. The minimum Gasteiger partial charge on any atom is -0.385 e. The van der Waals surface area contributed by atoms with Gasteiger partial charge in [0.2, 0.25) is 0 Å². The van der Waals surface area contributed by atoms with E-state index in [0.717, 1.165) is 29.7 Å². The summed E-state index contributed by atoms with van der Waals surface area (Å²) in [5.74, 6) is 0. The zero-order chi connectivity index (χ0) is 12.0. The van der Waals surface area contributed by atoms with Crippen molar-refractivity contribution in [1.29, 1.82) is 0 Å². The van der Waals surface area contributed by atoms with E-state index in [0.29, 0.717) is 0 Å². The van der Waals surface area contributed by atoms with Gasteiger partial charge in [-0.25, -0.2) is 0 Å². The van der Waals surface area contributed by atoms with Crippen LogP contribution >= 0.6 is 15.9 Å². The molecule has 4 heteroatoms. The summed E-state index contributed by atoms with van der Waals surface area (Å²) in [7, 11) is 1.74. The van der Waals surface area contributed by atoms with Crippen LogP contribution in [0.3, 0.4) is 0 Å². The van der Waals surface area contributed by atoms with E-state index in [4.69, 9.17) is 4.74 Å². The second-order valence-corrected chi connectivity index (χ2v) is 5.47. The summed E-state index contributed by atoms with van der Waals surface area (Å²) in [6.45, 7) is 6.17. The highest BCUT2D eigenvalue weighted by atomic mass is 79.9. The number of methoxy groups -OCH3 is 1. The zero-order valence-corrected chi connectivity index (χ0v) is 11.7. The molecule has 0 aromatic carbocycles. The first-order valence-electron chi connectivity index (χ1n) is 5.37. The fraction of sp³-hybridized carbons (Fsp3) is 0.583. The Morgan fingerprint density at radius 2 is 2.25 bits per heavy atom. The summed E-state index contributed by atoms with van der Waals surface area (Å²) in [5, 5.41) is 3.42. The summed E-state index contributed by atoms with van der Waals surface area (Å²) in [6, 6.07) is 1.97. The summed E-state index contributed by atoms with van der Waals surface area (Å²) in [5.41, 5.74) is 1.30. The summed E-state index contributed by atoms with van der Waals surface area (Å²) < 4.78 is 6.10. The van der Waals surface area contributed by atoms with Gasteiger partial charge in [0.05, 0.1) is 10.2 Å². The van der Waals surface area contributed by atoms with Gasteiger partial charge in [0.1, 0.15) is 0 Å². The van der Waals surface area contributed by atoms with Crippen molar-refractivity contribution in [3.63, 3.8) is 0 Å². The first-order valence-corrected chi connectivity index (χ1v) is 6.17. The van der Waals surface area contributed by atoms with Crippen molar-refractivity contribution in [2.45, 2.75) is 20.3 Å². The lowest BCUT2D eigenvalue weighted by Gasteiger charge is -2.25. The molecule has 0 unspecified atom stereocenters. The largest absolute Gasteiger partial charge is 0.385 e. The quantitative estimate of drug-likeness (QED) is 0.871. The molecule has 0 bridgehead atoms. The molecule has 1 heterocycles. The van der Waals surface area contributed by atoms with E-state index in [1.54, 1.807) is 19.5 Å². The van der Waals surface area contributed by atoms with Crippen molar-refractivity contribution in [1.82, 2.24) is 4.98 Å². The normalized spacial score (nSPS) is 11.5. The molecular formula is C12H19BrN2O. The topological polar surface area (TPSA) is 34.1 Å². The molecule has 16 heavy (non-hydrogen) atoms. The smallest absolute Gasteiger partial charge is 0.0590 e. The molecule has 0 aliphatic carbocycles. The number of nitrogens with zero attached hydrogens (tertiary/aromatic N) is 1. The average molecular weight is 287 g/mol.